The molecule has 132 valence electrons. The number of urea groups is 1. The van der Waals surface area contributed by atoms with Gasteiger partial charge in [0.2, 0.25) is 0 Å². The predicted octanol–water partition coefficient (Wildman–Crippen LogP) is 1.91. The topological polar surface area (TPSA) is 59.8 Å². The van der Waals surface area contributed by atoms with E-state index >= 15 is 0 Å². The highest BCUT2D eigenvalue weighted by atomic mass is 16.5. The first kappa shape index (κ1) is 16.2. The summed E-state index contributed by atoms with van der Waals surface area (Å²) in [4.78, 5) is 19.0. The fourth-order valence-corrected chi connectivity index (χ4v) is 3.70. The van der Waals surface area contributed by atoms with Crippen molar-refractivity contribution in [3.8, 4) is 11.8 Å². The van der Waals surface area contributed by atoms with Gasteiger partial charge in [-0.2, -0.15) is 5.26 Å². The molecule has 6 nitrogen and oxygen atoms in total. The summed E-state index contributed by atoms with van der Waals surface area (Å²) in [6, 6.07) is 10.1. The van der Waals surface area contributed by atoms with E-state index in [1.807, 2.05) is 21.9 Å². The van der Waals surface area contributed by atoms with Crippen molar-refractivity contribution >= 4 is 6.03 Å². The third-order valence-corrected chi connectivity index (χ3v) is 5.58. The summed E-state index contributed by atoms with van der Waals surface area (Å²) in [5, 5.41) is 8.81. The number of carbonyl (C=O) groups excluding carboxylic acids is 1. The van der Waals surface area contributed by atoms with Crippen molar-refractivity contribution in [1.82, 2.24) is 14.7 Å². The Morgan fingerprint density at radius 3 is 2.28 bits per heavy atom. The number of likely N-dealkylation sites (tertiary alicyclic amines) is 1. The molecule has 2 saturated heterocycles. The lowest BCUT2D eigenvalue weighted by Gasteiger charge is -2.46. The largest absolute Gasteiger partial charge is 0.487 e. The van der Waals surface area contributed by atoms with E-state index in [-0.39, 0.29) is 12.1 Å². The lowest BCUT2D eigenvalue weighted by molar-refractivity contribution is 0.0170. The molecule has 0 aromatic heterocycles. The van der Waals surface area contributed by atoms with Gasteiger partial charge in [0.05, 0.1) is 24.7 Å². The molecular weight excluding hydrogens is 316 g/mol. The summed E-state index contributed by atoms with van der Waals surface area (Å²) < 4.78 is 5.86. The quantitative estimate of drug-likeness (QED) is 0.843. The van der Waals surface area contributed by atoms with Crippen LogP contribution in [0.5, 0.6) is 5.75 Å². The molecule has 0 unspecified atom stereocenters. The average Bonchev–Trinajstić information content (AvgIpc) is 2.57. The maximum Gasteiger partial charge on any atom is 0.320 e. The van der Waals surface area contributed by atoms with Gasteiger partial charge in [-0.15, -0.1) is 0 Å². The van der Waals surface area contributed by atoms with Crippen LogP contribution in [0.4, 0.5) is 4.79 Å². The Balaban J connectivity index is 1.20. The summed E-state index contributed by atoms with van der Waals surface area (Å²) in [5.41, 5.74) is 0.624. The molecule has 25 heavy (non-hydrogen) atoms. The van der Waals surface area contributed by atoms with E-state index in [0.29, 0.717) is 18.7 Å². The average molecular weight is 340 g/mol. The van der Waals surface area contributed by atoms with Gasteiger partial charge in [0, 0.05) is 32.2 Å². The number of ether oxygens (including phenoxy) is 1. The number of carbonyl (C=O) groups is 1. The van der Waals surface area contributed by atoms with Gasteiger partial charge in [0.25, 0.3) is 0 Å². The number of benzene rings is 1. The molecule has 3 aliphatic rings. The SMILES string of the molecule is N#Cc1ccc(OC2CN(C(=O)N3CCN(C4CCC4)CC3)C2)cc1. The van der Waals surface area contributed by atoms with Gasteiger partial charge >= 0.3 is 6.03 Å². The van der Waals surface area contributed by atoms with Crippen LogP contribution in [0.25, 0.3) is 0 Å². The van der Waals surface area contributed by atoms with Crippen LogP contribution in [-0.2, 0) is 0 Å². The first-order valence-electron chi connectivity index (χ1n) is 9.17. The van der Waals surface area contributed by atoms with Crippen molar-refractivity contribution in [2.24, 2.45) is 0 Å². The van der Waals surface area contributed by atoms with Gasteiger partial charge in [0.15, 0.2) is 0 Å². The minimum Gasteiger partial charge on any atom is -0.487 e. The molecule has 1 aromatic rings. The number of rotatable bonds is 3. The highest BCUT2D eigenvalue weighted by molar-refractivity contribution is 5.75. The number of hydrogen-bond donors (Lipinski definition) is 0. The van der Waals surface area contributed by atoms with E-state index in [9.17, 15) is 4.79 Å². The predicted molar refractivity (Wildman–Crippen MR) is 93.3 cm³/mol. The summed E-state index contributed by atoms with van der Waals surface area (Å²) in [6.45, 7) is 4.98. The Bertz CT molecular complexity index is 651. The summed E-state index contributed by atoms with van der Waals surface area (Å²) in [5.74, 6) is 0.755. The van der Waals surface area contributed by atoms with Crippen LogP contribution in [0.15, 0.2) is 24.3 Å². The maximum absolute atomic E-state index is 12.6. The van der Waals surface area contributed by atoms with E-state index in [1.54, 1.807) is 12.1 Å². The third kappa shape index (κ3) is 3.42. The fourth-order valence-electron chi connectivity index (χ4n) is 3.70. The van der Waals surface area contributed by atoms with E-state index < -0.39 is 0 Å². The van der Waals surface area contributed by atoms with Crippen LogP contribution >= 0.6 is 0 Å². The molecule has 0 bridgehead atoms. The zero-order chi connectivity index (χ0) is 17.2. The number of amides is 2. The molecule has 0 radical (unpaired) electrons. The zero-order valence-electron chi connectivity index (χ0n) is 14.4. The van der Waals surface area contributed by atoms with Crippen molar-refractivity contribution in [1.29, 1.82) is 5.26 Å². The maximum atomic E-state index is 12.6. The fraction of sp³-hybridized carbons (Fsp3) is 0.579. The lowest BCUT2D eigenvalue weighted by atomic mass is 9.91. The van der Waals surface area contributed by atoms with Crippen LogP contribution in [0.1, 0.15) is 24.8 Å². The highest BCUT2D eigenvalue weighted by Crippen LogP contribution is 2.26. The zero-order valence-corrected chi connectivity index (χ0v) is 14.4. The second-order valence-corrected chi connectivity index (χ2v) is 7.17. The lowest BCUT2D eigenvalue weighted by Crippen LogP contribution is -2.62. The summed E-state index contributed by atoms with van der Waals surface area (Å²) in [6.07, 6.45) is 4.06. The first-order valence-corrected chi connectivity index (χ1v) is 9.17. The number of hydrogen-bond acceptors (Lipinski definition) is 4. The summed E-state index contributed by atoms with van der Waals surface area (Å²) in [7, 11) is 0. The second kappa shape index (κ2) is 6.93. The van der Waals surface area contributed by atoms with Crippen LogP contribution in [-0.4, -0.2) is 72.1 Å². The molecule has 1 aromatic carbocycles. The number of nitriles is 1. The van der Waals surface area contributed by atoms with Crippen molar-refractivity contribution in [2.75, 3.05) is 39.3 Å². The molecule has 0 N–H and O–H groups in total. The van der Waals surface area contributed by atoms with E-state index in [2.05, 4.69) is 11.0 Å². The van der Waals surface area contributed by atoms with Gasteiger partial charge < -0.3 is 14.5 Å². The van der Waals surface area contributed by atoms with Crippen LogP contribution in [0, 0.1) is 11.3 Å². The Morgan fingerprint density at radius 2 is 1.72 bits per heavy atom. The first-order chi connectivity index (χ1) is 12.2. The minimum atomic E-state index is 0.0492. The smallest absolute Gasteiger partial charge is 0.320 e. The Morgan fingerprint density at radius 1 is 1.04 bits per heavy atom. The Kier molecular flexibility index (Phi) is 4.50. The van der Waals surface area contributed by atoms with Gasteiger partial charge in [-0.25, -0.2) is 4.79 Å². The molecule has 6 heteroatoms. The second-order valence-electron chi connectivity index (χ2n) is 7.17. The van der Waals surface area contributed by atoms with E-state index in [0.717, 1.165) is 38.0 Å². The van der Waals surface area contributed by atoms with Gasteiger partial charge in [-0.1, -0.05) is 6.42 Å². The van der Waals surface area contributed by atoms with E-state index in [1.165, 1.54) is 19.3 Å². The number of nitrogens with zero attached hydrogens (tertiary/aromatic N) is 4. The summed E-state index contributed by atoms with van der Waals surface area (Å²) >= 11 is 0. The Hall–Kier alpha value is -2.26. The molecule has 2 amide bonds. The van der Waals surface area contributed by atoms with Gasteiger partial charge in [-0.05, 0) is 37.1 Å². The molecule has 1 aliphatic carbocycles. The highest BCUT2D eigenvalue weighted by Gasteiger charge is 2.36. The normalized spacial score (nSPS) is 22.0. The van der Waals surface area contributed by atoms with Gasteiger partial charge in [0.1, 0.15) is 11.9 Å². The third-order valence-electron chi connectivity index (χ3n) is 5.58. The van der Waals surface area contributed by atoms with Crippen LogP contribution in [0.2, 0.25) is 0 Å². The molecular formula is C19H24N4O2. The monoisotopic (exact) mass is 340 g/mol. The van der Waals surface area contributed by atoms with Crippen molar-refractivity contribution in [2.45, 2.75) is 31.4 Å². The van der Waals surface area contributed by atoms with Crippen molar-refractivity contribution in [3.63, 3.8) is 0 Å². The molecule has 1 saturated carbocycles. The number of piperazine rings is 1. The standard InChI is InChI=1S/C19H24N4O2/c20-12-15-4-6-17(7-5-15)25-18-13-23(14-18)19(24)22-10-8-21(9-11-22)16-2-1-3-16/h4-7,16,18H,1-3,8-11,13-14H2. The molecule has 2 aliphatic heterocycles. The molecule has 0 spiro atoms. The van der Waals surface area contributed by atoms with E-state index in [4.69, 9.17) is 10.00 Å². The molecule has 0 atom stereocenters. The van der Waals surface area contributed by atoms with Crippen molar-refractivity contribution < 1.29 is 9.53 Å². The molecule has 4 rings (SSSR count). The van der Waals surface area contributed by atoms with Crippen LogP contribution in [0.3, 0.4) is 0 Å². The van der Waals surface area contributed by atoms with Crippen molar-refractivity contribution in [3.05, 3.63) is 29.8 Å². The molecule has 2 heterocycles. The molecule has 3 fully saturated rings. The van der Waals surface area contributed by atoms with Crippen LogP contribution < -0.4 is 4.74 Å². The minimum absolute atomic E-state index is 0.0492. The Labute approximate surface area is 148 Å². The van der Waals surface area contributed by atoms with Gasteiger partial charge in [-0.3, -0.25) is 4.90 Å².